The molecule has 0 bridgehead atoms. The van der Waals surface area contributed by atoms with E-state index in [4.69, 9.17) is 9.47 Å². The normalized spacial score (nSPS) is 10.0. The minimum absolute atomic E-state index is 0.407. The lowest BCUT2D eigenvalue weighted by Gasteiger charge is -2.12. The summed E-state index contributed by atoms with van der Waals surface area (Å²) in [7, 11) is 3.13. The van der Waals surface area contributed by atoms with Crippen LogP contribution < -0.4 is 15.2 Å². The third-order valence-electron chi connectivity index (χ3n) is 2.37. The van der Waals surface area contributed by atoms with Gasteiger partial charge >= 0.3 is 5.69 Å². The molecule has 0 amide bonds. The van der Waals surface area contributed by atoms with Crippen molar-refractivity contribution in [3.8, 4) is 22.8 Å². The Bertz CT molecular complexity index is 556. The molecular formula is C12H12N2O3. The molecule has 88 valence electrons. The lowest BCUT2D eigenvalue weighted by molar-refractivity contribution is 0.397. The average molecular weight is 232 g/mol. The molecule has 0 saturated heterocycles. The Hall–Kier alpha value is -2.30. The number of methoxy groups -OCH3 is 2. The first-order valence-electron chi connectivity index (χ1n) is 5.03. The first-order chi connectivity index (χ1) is 8.26. The van der Waals surface area contributed by atoms with Crippen molar-refractivity contribution in [2.45, 2.75) is 0 Å². The molecule has 0 aliphatic carbocycles. The third-order valence-corrected chi connectivity index (χ3v) is 2.37. The predicted molar refractivity (Wildman–Crippen MR) is 63.4 cm³/mol. The van der Waals surface area contributed by atoms with E-state index in [-0.39, 0.29) is 0 Å². The zero-order chi connectivity index (χ0) is 12.3. The Morgan fingerprint density at radius 3 is 2.29 bits per heavy atom. The Morgan fingerprint density at radius 2 is 1.76 bits per heavy atom. The molecule has 1 N–H and O–H groups in total. The largest absolute Gasteiger partial charge is 0.496 e. The molecule has 2 aromatic rings. The molecule has 0 spiro atoms. The monoisotopic (exact) mass is 232 g/mol. The highest BCUT2D eigenvalue weighted by atomic mass is 16.5. The van der Waals surface area contributed by atoms with Crippen LogP contribution >= 0.6 is 0 Å². The van der Waals surface area contributed by atoms with Gasteiger partial charge < -0.3 is 14.5 Å². The van der Waals surface area contributed by atoms with E-state index < -0.39 is 5.69 Å². The molecule has 1 aromatic carbocycles. The fourth-order valence-corrected chi connectivity index (χ4v) is 1.63. The van der Waals surface area contributed by atoms with Gasteiger partial charge in [-0.05, 0) is 18.2 Å². The number of ether oxygens (including phenoxy) is 2. The second-order valence-electron chi connectivity index (χ2n) is 3.33. The van der Waals surface area contributed by atoms with E-state index in [9.17, 15) is 4.79 Å². The second kappa shape index (κ2) is 4.69. The van der Waals surface area contributed by atoms with E-state index >= 15 is 0 Å². The predicted octanol–water partition coefficient (Wildman–Crippen LogP) is 1.45. The van der Waals surface area contributed by atoms with Gasteiger partial charge in [0.1, 0.15) is 11.5 Å². The molecule has 0 unspecified atom stereocenters. The number of aromatic nitrogens is 2. The molecule has 5 heteroatoms. The summed E-state index contributed by atoms with van der Waals surface area (Å²) in [6, 6.07) is 7.12. The van der Waals surface area contributed by atoms with Gasteiger partial charge in [-0.2, -0.15) is 0 Å². The first kappa shape index (κ1) is 11.2. The fraction of sp³-hybridized carbons (Fsp3) is 0.167. The Kier molecular flexibility index (Phi) is 3.09. The lowest BCUT2D eigenvalue weighted by Crippen LogP contribution is -2.10. The number of aromatic amines is 1. The van der Waals surface area contributed by atoms with Crippen molar-refractivity contribution in [3.63, 3.8) is 0 Å². The smallest absolute Gasteiger partial charge is 0.345 e. The summed E-state index contributed by atoms with van der Waals surface area (Å²) in [5.41, 5.74) is 0.909. The van der Waals surface area contributed by atoms with E-state index in [1.807, 2.05) is 6.07 Å². The lowest BCUT2D eigenvalue weighted by atomic mass is 10.1. The summed E-state index contributed by atoms with van der Waals surface area (Å²) in [6.45, 7) is 0. The van der Waals surface area contributed by atoms with Gasteiger partial charge in [-0.1, -0.05) is 6.07 Å². The van der Waals surface area contributed by atoms with E-state index in [2.05, 4.69) is 9.97 Å². The van der Waals surface area contributed by atoms with Crippen LogP contribution in [0.4, 0.5) is 0 Å². The van der Waals surface area contributed by atoms with Crippen molar-refractivity contribution in [3.05, 3.63) is 40.9 Å². The number of hydrogen-bond donors (Lipinski definition) is 1. The third kappa shape index (κ3) is 2.13. The van der Waals surface area contributed by atoms with Gasteiger partial charge in [-0.15, -0.1) is 0 Å². The van der Waals surface area contributed by atoms with Crippen molar-refractivity contribution in [2.24, 2.45) is 0 Å². The summed E-state index contributed by atoms with van der Waals surface area (Å²) < 4.78 is 10.5. The van der Waals surface area contributed by atoms with Crippen molar-refractivity contribution in [1.29, 1.82) is 0 Å². The van der Waals surface area contributed by atoms with Crippen LogP contribution in [0.5, 0.6) is 11.5 Å². The fourth-order valence-electron chi connectivity index (χ4n) is 1.63. The SMILES string of the molecule is COc1cccc(OC)c1-c1ccnc(=O)[nH]1. The topological polar surface area (TPSA) is 64.2 Å². The van der Waals surface area contributed by atoms with Crippen LogP contribution in [0.1, 0.15) is 0 Å². The van der Waals surface area contributed by atoms with E-state index in [0.29, 0.717) is 22.8 Å². The highest BCUT2D eigenvalue weighted by Gasteiger charge is 2.12. The molecule has 2 rings (SSSR count). The maximum absolute atomic E-state index is 11.2. The summed E-state index contributed by atoms with van der Waals surface area (Å²) in [5, 5.41) is 0. The standard InChI is InChI=1S/C12H12N2O3/c1-16-9-4-3-5-10(17-2)11(9)8-6-7-13-12(15)14-8/h3-7H,1-2H3,(H,13,14,15). The van der Waals surface area contributed by atoms with Crippen molar-refractivity contribution >= 4 is 0 Å². The summed E-state index contributed by atoms with van der Waals surface area (Å²) in [4.78, 5) is 17.4. The van der Waals surface area contributed by atoms with Gasteiger partial charge in [0.15, 0.2) is 0 Å². The minimum Gasteiger partial charge on any atom is -0.496 e. The van der Waals surface area contributed by atoms with Gasteiger partial charge in [0.2, 0.25) is 0 Å². The highest BCUT2D eigenvalue weighted by molar-refractivity contribution is 5.73. The minimum atomic E-state index is -0.407. The molecule has 0 saturated carbocycles. The van der Waals surface area contributed by atoms with Crippen LogP contribution in [-0.4, -0.2) is 24.2 Å². The number of H-pyrrole nitrogens is 1. The van der Waals surface area contributed by atoms with Crippen LogP contribution in [0, 0.1) is 0 Å². The van der Waals surface area contributed by atoms with Gasteiger partial charge in [-0.25, -0.2) is 9.78 Å². The van der Waals surface area contributed by atoms with Crippen LogP contribution in [-0.2, 0) is 0 Å². The van der Waals surface area contributed by atoms with Crippen molar-refractivity contribution < 1.29 is 9.47 Å². The quantitative estimate of drug-likeness (QED) is 0.870. The summed E-state index contributed by atoms with van der Waals surface area (Å²) >= 11 is 0. The Labute approximate surface area is 98.0 Å². The molecule has 0 aliphatic heterocycles. The van der Waals surface area contributed by atoms with Crippen LogP contribution in [0.15, 0.2) is 35.3 Å². The molecule has 0 atom stereocenters. The van der Waals surface area contributed by atoms with Gasteiger partial charge in [0, 0.05) is 6.20 Å². The van der Waals surface area contributed by atoms with Crippen LogP contribution in [0.2, 0.25) is 0 Å². The molecule has 0 fully saturated rings. The highest BCUT2D eigenvalue weighted by Crippen LogP contribution is 2.36. The molecule has 1 heterocycles. The maximum atomic E-state index is 11.2. The van der Waals surface area contributed by atoms with Crippen molar-refractivity contribution in [1.82, 2.24) is 9.97 Å². The maximum Gasteiger partial charge on any atom is 0.345 e. The molecule has 5 nitrogen and oxygen atoms in total. The van der Waals surface area contributed by atoms with E-state index in [1.54, 1.807) is 32.4 Å². The molecular weight excluding hydrogens is 220 g/mol. The van der Waals surface area contributed by atoms with Gasteiger partial charge in [0.05, 0.1) is 25.5 Å². The zero-order valence-electron chi connectivity index (χ0n) is 9.56. The van der Waals surface area contributed by atoms with Crippen molar-refractivity contribution in [2.75, 3.05) is 14.2 Å². The number of benzene rings is 1. The Balaban J connectivity index is 2.68. The number of nitrogens with zero attached hydrogens (tertiary/aromatic N) is 1. The molecule has 17 heavy (non-hydrogen) atoms. The summed E-state index contributed by atoms with van der Waals surface area (Å²) in [6.07, 6.45) is 1.44. The second-order valence-corrected chi connectivity index (χ2v) is 3.33. The van der Waals surface area contributed by atoms with Gasteiger partial charge in [-0.3, -0.25) is 0 Å². The molecule has 1 aromatic heterocycles. The average Bonchev–Trinajstić information content (AvgIpc) is 2.37. The van der Waals surface area contributed by atoms with E-state index in [0.717, 1.165) is 0 Å². The summed E-state index contributed by atoms with van der Waals surface area (Å²) in [5.74, 6) is 1.26. The first-order valence-corrected chi connectivity index (χ1v) is 5.03. The van der Waals surface area contributed by atoms with Crippen LogP contribution in [0.3, 0.4) is 0 Å². The van der Waals surface area contributed by atoms with Gasteiger partial charge in [0.25, 0.3) is 0 Å². The number of rotatable bonds is 3. The zero-order valence-corrected chi connectivity index (χ0v) is 9.56. The number of nitrogens with one attached hydrogen (secondary N) is 1. The molecule has 0 radical (unpaired) electrons. The van der Waals surface area contributed by atoms with E-state index in [1.165, 1.54) is 6.20 Å². The Morgan fingerprint density at radius 1 is 1.12 bits per heavy atom. The van der Waals surface area contributed by atoms with Crippen LogP contribution in [0.25, 0.3) is 11.3 Å². The molecule has 0 aliphatic rings. The number of hydrogen-bond acceptors (Lipinski definition) is 4.